The van der Waals surface area contributed by atoms with Gasteiger partial charge in [-0.05, 0) is 45.3 Å². The predicted molar refractivity (Wildman–Crippen MR) is 86.7 cm³/mol. The Labute approximate surface area is 131 Å². The molecule has 6 heteroatoms. The van der Waals surface area contributed by atoms with Gasteiger partial charge in [0.15, 0.2) is 5.96 Å². The Bertz CT molecular complexity index is 547. The highest BCUT2D eigenvalue weighted by Crippen LogP contribution is 2.17. The van der Waals surface area contributed by atoms with E-state index in [0.717, 1.165) is 24.0 Å². The number of aliphatic imine (C=N–C) groups is 1. The molecule has 0 spiro atoms. The number of likely N-dealkylation sites (N-methyl/N-ethyl adjacent to an activating group) is 1. The number of hydrogen-bond donors (Lipinski definition) is 2. The summed E-state index contributed by atoms with van der Waals surface area (Å²) in [7, 11) is 4.06. The van der Waals surface area contributed by atoms with E-state index in [1.54, 1.807) is 12.5 Å². The van der Waals surface area contributed by atoms with Crippen LogP contribution in [0.5, 0.6) is 0 Å². The fraction of sp³-hybridized carbons (Fsp3) is 0.438. The van der Waals surface area contributed by atoms with Crippen molar-refractivity contribution in [1.29, 1.82) is 0 Å². The van der Waals surface area contributed by atoms with Gasteiger partial charge in [0, 0.05) is 13.1 Å². The summed E-state index contributed by atoms with van der Waals surface area (Å²) in [6, 6.07) is 7.81. The second-order valence-electron chi connectivity index (χ2n) is 5.15. The lowest BCUT2D eigenvalue weighted by Crippen LogP contribution is -2.41. The van der Waals surface area contributed by atoms with Crippen molar-refractivity contribution in [2.75, 3.05) is 27.2 Å². The van der Waals surface area contributed by atoms with Crippen molar-refractivity contribution >= 4 is 5.96 Å². The third-order valence-corrected chi connectivity index (χ3v) is 3.28. The Morgan fingerprint density at radius 3 is 2.55 bits per heavy atom. The minimum atomic E-state index is 0.141. The summed E-state index contributed by atoms with van der Waals surface area (Å²) in [5.41, 5.74) is 0. The number of guanidine groups is 1. The minimum Gasteiger partial charge on any atom is -0.468 e. The van der Waals surface area contributed by atoms with E-state index in [-0.39, 0.29) is 6.04 Å². The van der Waals surface area contributed by atoms with Gasteiger partial charge in [-0.25, -0.2) is 4.99 Å². The van der Waals surface area contributed by atoms with Crippen LogP contribution in [0.1, 0.15) is 24.5 Å². The van der Waals surface area contributed by atoms with Crippen LogP contribution in [0.4, 0.5) is 0 Å². The lowest BCUT2D eigenvalue weighted by molar-refractivity contribution is 0.258. The molecule has 2 heterocycles. The van der Waals surface area contributed by atoms with Gasteiger partial charge in [0.2, 0.25) is 0 Å². The van der Waals surface area contributed by atoms with Crippen LogP contribution in [0.15, 0.2) is 50.6 Å². The van der Waals surface area contributed by atoms with E-state index < -0.39 is 0 Å². The molecule has 22 heavy (non-hydrogen) atoms. The first-order valence-corrected chi connectivity index (χ1v) is 7.45. The minimum absolute atomic E-state index is 0.141. The predicted octanol–water partition coefficient (Wildman–Crippen LogP) is 2.23. The molecule has 0 saturated heterocycles. The average molecular weight is 304 g/mol. The topological polar surface area (TPSA) is 65.9 Å². The monoisotopic (exact) mass is 304 g/mol. The van der Waals surface area contributed by atoms with Gasteiger partial charge in [0.25, 0.3) is 0 Å². The first-order chi connectivity index (χ1) is 10.7. The maximum atomic E-state index is 5.51. The smallest absolute Gasteiger partial charge is 0.191 e. The van der Waals surface area contributed by atoms with Crippen LogP contribution in [0.25, 0.3) is 0 Å². The molecule has 2 rings (SSSR count). The molecule has 6 nitrogen and oxygen atoms in total. The number of nitrogens with zero attached hydrogens (tertiary/aromatic N) is 2. The van der Waals surface area contributed by atoms with E-state index >= 15 is 0 Å². The van der Waals surface area contributed by atoms with Gasteiger partial charge in [-0.1, -0.05) is 0 Å². The molecule has 1 atom stereocenters. The third kappa shape index (κ3) is 4.66. The fourth-order valence-electron chi connectivity index (χ4n) is 2.11. The van der Waals surface area contributed by atoms with Crippen molar-refractivity contribution in [2.45, 2.75) is 19.5 Å². The second-order valence-corrected chi connectivity index (χ2v) is 5.15. The second kappa shape index (κ2) is 8.29. The van der Waals surface area contributed by atoms with Crippen LogP contribution in [0, 0.1) is 0 Å². The zero-order chi connectivity index (χ0) is 15.8. The van der Waals surface area contributed by atoms with Crippen LogP contribution in [0.2, 0.25) is 0 Å². The molecule has 0 aromatic carbocycles. The first kappa shape index (κ1) is 16.2. The Morgan fingerprint density at radius 1 is 1.18 bits per heavy atom. The Morgan fingerprint density at radius 2 is 1.95 bits per heavy atom. The van der Waals surface area contributed by atoms with Gasteiger partial charge in [-0.3, -0.25) is 4.90 Å². The largest absolute Gasteiger partial charge is 0.468 e. The SMILES string of the molecule is CCNC(=NCc1ccco1)NCC(c1ccco1)N(C)C. The van der Waals surface area contributed by atoms with Crippen LogP contribution >= 0.6 is 0 Å². The van der Waals surface area contributed by atoms with E-state index in [1.807, 2.05) is 45.3 Å². The average Bonchev–Trinajstić information content (AvgIpc) is 3.18. The lowest BCUT2D eigenvalue weighted by Gasteiger charge is -2.23. The van der Waals surface area contributed by atoms with Crippen molar-refractivity contribution in [2.24, 2.45) is 4.99 Å². The van der Waals surface area contributed by atoms with Crippen LogP contribution in [0.3, 0.4) is 0 Å². The molecule has 0 aliphatic rings. The van der Waals surface area contributed by atoms with E-state index in [2.05, 4.69) is 20.5 Å². The molecular weight excluding hydrogens is 280 g/mol. The fourth-order valence-corrected chi connectivity index (χ4v) is 2.11. The maximum absolute atomic E-state index is 5.51. The molecule has 0 radical (unpaired) electrons. The summed E-state index contributed by atoms with van der Waals surface area (Å²) in [5.74, 6) is 2.53. The highest BCUT2D eigenvalue weighted by atomic mass is 16.3. The van der Waals surface area contributed by atoms with Gasteiger partial charge in [-0.15, -0.1) is 0 Å². The summed E-state index contributed by atoms with van der Waals surface area (Å²) >= 11 is 0. The van der Waals surface area contributed by atoms with Gasteiger partial charge in [-0.2, -0.15) is 0 Å². The normalized spacial score (nSPS) is 13.4. The van der Waals surface area contributed by atoms with Gasteiger partial charge >= 0.3 is 0 Å². The number of nitrogens with one attached hydrogen (secondary N) is 2. The first-order valence-electron chi connectivity index (χ1n) is 7.45. The molecule has 0 aliphatic heterocycles. The molecule has 0 amide bonds. The summed E-state index contributed by atoms with van der Waals surface area (Å²) < 4.78 is 10.8. The highest BCUT2D eigenvalue weighted by molar-refractivity contribution is 5.79. The van der Waals surface area contributed by atoms with Crippen molar-refractivity contribution in [1.82, 2.24) is 15.5 Å². The molecule has 120 valence electrons. The highest BCUT2D eigenvalue weighted by Gasteiger charge is 2.17. The van der Waals surface area contributed by atoms with Gasteiger partial charge in [0.1, 0.15) is 18.1 Å². The Kier molecular flexibility index (Phi) is 6.09. The zero-order valence-corrected chi connectivity index (χ0v) is 13.4. The van der Waals surface area contributed by atoms with Crippen molar-refractivity contribution in [3.05, 3.63) is 48.3 Å². The van der Waals surface area contributed by atoms with Gasteiger partial charge < -0.3 is 19.5 Å². The molecule has 0 aliphatic carbocycles. The molecule has 1 unspecified atom stereocenters. The van der Waals surface area contributed by atoms with E-state index in [9.17, 15) is 0 Å². The standard InChI is InChI=1S/C16H24N4O2/c1-4-17-16(18-11-13-7-5-9-21-13)19-12-14(20(2)3)15-8-6-10-22-15/h5-10,14H,4,11-12H2,1-3H3,(H2,17,18,19). The molecule has 2 aromatic rings. The lowest BCUT2D eigenvalue weighted by atomic mass is 10.2. The summed E-state index contributed by atoms with van der Waals surface area (Å²) in [6.07, 6.45) is 3.35. The van der Waals surface area contributed by atoms with Crippen molar-refractivity contribution < 1.29 is 8.83 Å². The Balaban J connectivity index is 1.96. The van der Waals surface area contributed by atoms with Crippen LogP contribution < -0.4 is 10.6 Å². The van der Waals surface area contributed by atoms with Gasteiger partial charge in [0.05, 0.1) is 18.6 Å². The number of hydrogen-bond acceptors (Lipinski definition) is 4. The van der Waals surface area contributed by atoms with E-state index in [1.165, 1.54) is 0 Å². The van der Waals surface area contributed by atoms with Crippen LogP contribution in [-0.2, 0) is 6.54 Å². The molecule has 0 bridgehead atoms. The van der Waals surface area contributed by atoms with E-state index in [4.69, 9.17) is 8.83 Å². The molecule has 0 saturated carbocycles. The summed E-state index contributed by atoms with van der Waals surface area (Å²) in [5, 5.41) is 6.58. The Hall–Kier alpha value is -2.21. The van der Waals surface area contributed by atoms with Crippen LogP contribution in [-0.4, -0.2) is 38.0 Å². The number of furan rings is 2. The van der Waals surface area contributed by atoms with Crippen molar-refractivity contribution in [3.8, 4) is 0 Å². The van der Waals surface area contributed by atoms with Crippen molar-refractivity contribution in [3.63, 3.8) is 0 Å². The summed E-state index contributed by atoms with van der Waals surface area (Å²) in [6.45, 7) is 4.05. The molecular formula is C16H24N4O2. The molecule has 2 aromatic heterocycles. The third-order valence-electron chi connectivity index (χ3n) is 3.28. The maximum Gasteiger partial charge on any atom is 0.191 e. The quantitative estimate of drug-likeness (QED) is 0.606. The molecule has 0 fully saturated rings. The number of rotatable bonds is 7. The zero-order valence-electron chi connectivity index (χ0n) is 13.4. The van der Waals surface area contributed by atoms with E-state index in [0.29, 0.717) is 13.1 Å². The molecule has 2 N–H and O–H groups in total. The summed E-state index contributed by atoms with van der Waals surface area (Å²) in [4.78, 5) is 6.63.